The monoisotopic (exact) mass is 318 g/mol. The van der Waals surface area contributed by atoms with E-state index >= 15 is 0 Å². The molecule has 0 amide bonds. The molecule has 5 heteroatoms. The standard InChI is InChI=1S/C11H9BrCl2N2/c12-8-5-7(1-2-9(8)13)10(14)6-11-15-3-4-16-11/h1-5,10H,6H2,(H,15,16). The maximum Gasteiger partial charge on any atom is 0.107 e. The van der Waals surface area contributed by atoms with Crippen molar-refractivity contribution in [3.05, 3.63) is 51.5 Å². The Labute approximate surface area is 112 Å². The summed E-state index contributed by atoms with van der Waals surface area (Å²) in [6.07, 6.45) is 4.18. The molecule has 2 rings (SSSR count). The Bertz CT molecular complexity index is 471. The maximum atomic E-state index is 6.30. The molecule has 1 unspecified atom stereocenters. The number of hydrogen-bond acceptors (Lipinski definition) is 1. The number of nitrogens with one attached hydrogen (secondary N) is 1. The van der Waals surface area contributed by atoms with Gasteiger partial charge in [0.15, 0.2) is 0 Å². The normalized spacial score (nSPS) is 12.7. The van der Waals surface area contributed by atoms with Gasteiger partial charge >= 0.3 is 0 Å². The predicted octanol–water partition coefficient (Wildman–Crippen LogP) is 4.35. The highest BCUT2D eigenvalue weighted by atomic mass is 79.9. The van der Waals surface area contributed by atoms with Gasteiger partial charge in [-0.1, -0.05) is 17.7 Å². The van der Waals surface area contributed by atoms with Gasteiger partial charge in [-0.25, -0.2) is 4.98 Å². The Morgan fingerprint density at radius 1 is 1.44 bits per heavy atom. The molecule has 0 saturated carbocycles. The largest absolute Gasteiger partial charge is 0.349 e. The van der Waals surface area contributed by atoms with Crippen LogP contribution in [-0.4, -0.2) is 9.97 Å². The van der Waals surface area contributed by atoms with E-state index in [4.69, 9.17) is 23.2 Å². The van der Waals surface area contributed by atoms with Crippen LogP contribution >= 0.6 is 39.1 Å². The molecule has 1 aromatic heterocycles. The van der Waals surface area contributed by atoms with E-state index in [9.17, 15) is 0 Å². The number of aromatic amines is 1. The summed E-state index contributed by atoms with van der Waals surface area (Å²) < 4.78 is 0.858. The zero-order chi connectivity index (χ0) is 11.5. The van der Waals surface area contributed by atoms with E-state index in [1.165, 1.54) is 0 Å². The molecule has 0 spiro atoms. The van der Waals surface area contributed by atoms with Crippen molar-refractivity contribution in [2.75, 3.05) is 0 Å². The van der Waals surface area contributed by atoms with E-state index in [-0.39, 0.29) is 5.38 Å². The van der Waals surface area contributed by atoms with E-state index in [1.807, 2.05) is 18.2 Å². The topological polar surface area (TPSA) is 28.7 Å². The van der Waals surface area contributed by atoms with Crippen LogP contribution in [0.3, 0.4) is 0 Å². The van der Waals surface area contributed by atoms with Crippen LogP contribution in [-0.2, 0) is 6.42 Å². The second kappa shape index (κ2) is 5.21. The van der Waals surface area contributed by atoms with Crippen LogP contribution in [0.1, 0.15) is 16.8 Å². The molecule has 16 heavy (non-hydrogen) atoms. The summed E-state index contributed by atoms with van der Waals surface area (Å²) in [7, 11) is 0. The van der Waals surface area contributed by atoms with Crippen LogP contribution in [0.5, 0.6) is 0 Å². The zero-order valence-corrected chi connectivity index (χ0v) is 11.4. The Morgan fingerprint density at radius 2 is 2.25 bits per heavy atom. The molecule has 2 aromatic rings. The Kier molecular flexibility index (Phi) is 3.90. The van der Waals surface area contributed by atoms with E-state index in [0.29, 0.717) is 11.4 Å². The van der Waals surface area contributed by atoms with Gasteiger partial charge in [0, 0.05) is 23.3 Å². The van der Waals surface area contributed by atoms with Gasteiger partial charge in [-0.15, -0.1) is 11.6 Å². The van der Waals surface area contributed by atoms with Crippen LogP contribution in [0.4, 0.5) is 0 Å². The molecule has 0 radical (unpaired) electrons. The molecule has 1 N–H and O–H groups in total. The molecule has 0 saturated heterocycles. The van der Waals surface area contributed by atoms with Crippen LogP contribution in [0, 0.1) is 0 Å². The number of benzene rings is 1. The predicted molar refractivity (Wildman–Crippen MR) is 70.0 cm³/mol. The van der Waals surface area contributed by atoms with Gasteiger partial charge in [-0.05, 0) is 33.6 Å². The molecule has 0 bridgehead atoms. The third kappa shape index (κ3) is 2.78. The van der Waals surface area contributed by atoms with Crippen LogP contribution in [0.2, 0.25) is 5.02 Å². The fourth-order valence-electron chi connectivity index (χ4n) is 1.40. The molecule has 1 heterocycles. The summed E-state index contributed by atoms with van der Waals surface area (Å²) in [5.41, 5.74) is 1.02. The highest BCUT2D eigenvalue weighted by Gasteiger charge is 2.11. The summed E-state index contributed by atoms with van der Waals surface area (Å²) in [5.74, 6) is 0.881. The van der Waals surface area contributed by atoms with Gasteiger partial charge in [0.1, 0.15) is 5.82 Å². The average Bonchev–Trinajstić information content (AvgIpc) is 2.74. The summed E-state index contributed by atoms with van der Waals surface area (Å²) in [6, 6.07) is 5.69. The van der Waals surface area contributed by atoms with Gasteiger partial charge in [-0.3, -0.25) is 0 Å². The molecule has 0 fully saturated rings. The van der Waals surface area contributed by atoms with Gasteiger partial charge in [0.2, 0.25) is 0 Å². The SMILES string of the molecule is Clc1ccc(C(Cl)Cc2ncc[nH]2)cc1Br. The fraction of sp³-hybridized carbons (Fsp3) is 0.182. The second-order valence-corrected chi connectivity index (χ2v) is 5.17. The number of H-pyrrole nitrogens is 1. The van der Waals surface area contributed by atoms with Gasteiger partial charge in [-0.2, -0.15) is 0 Å². The quantitative estimate of drug-likeness (QED) is 0.837. The van der Waals surface area contributed by atoms with Crippen LogP contribution in [0.25, 0.3) is 0 Å². The Balaban J connectivity index is 2.14. The minimum atomic E-state index is -0.111. The van der Waals surface area contributed by atoms with Gasteiger partial charge in [0.25, 0.3) is 0 Å². The number of imidazole rings is 1. The third-order valence-corrected chi connectivity index (χ3v) is 3.85. The summed E-state index contributed by atoms with van der Waals surface area (Å²) >= 11 is 15.6. The Hall–Kier alpha value is -0.510. The lowest BCUT2D eigenvalue weighted by molar-refractivity contribution is 0.854. The molecule has 0 aliphatic carbocycles. The minimum Gasteiger partial charge on any atom is -0.349 e. The first-order valence-corrected chi connectivity index (χ1v) is 6.35. The molecule has 1 atom stereocenters. The highest BCUT2D eigenvalue weighted by Crippen LogP contribution is 2.30. The molecular weight excluding hydrogens is 311 g/mol. The molecule has 2 nitrogen and oxygen atoms in total. The number of nitrogens with zero attached hydrogens (tertiary/aromatic N) is 1. The minimum absolute atomic E-state index is 0.111. The van der Waals surface area contributed by atoms with Crippen molar-refractivity contribution in [3.8, 4) is 0 Å². The lowest BCUT2D eigenvalue weighted by Crippen LogP contribution is -1.97. The van der Waals surface area contributed by atoms with Crippen molar-refractivity contribution in [1.82, 2.24) is 9.97 Å². The lowest BCUT2D eigenvalue weighted by Gasteiger charge is -2.09. The van der Waals surface area contributed by atoms with Crippen LogP contribution in [0.15, 0.2) is 35.1 Å². The third-order valence-electron chi connectivity index (χ3n) is 2.23. The van der Waals surface area contributed by atoms with E-state index in [1.54, 1.807) is 12.4 Å². The zero-order valence-electron chi connectivity index (χ0n) is 8.25. The number of aromatic nitrogens is 2. The molecular formula is C11H9BrCl2N2. The molecule has 0 aliphatic rings. The fourth-order valence-corrected chi connectivity index (χ4v) is 2.20. The summed E-state index contributed by atoms with van der Waals surface area (Å²) in [4.78, 5) is 7.17. The molecule has 0 aliphatic heterocycles. The lowest BCUT2D eigenvalue weighted by atomic mass is 10.1. The van der Waals surface area contributed by atoms with Gasteiger partial charge < -0.3 is 4.98 Å². The number of halogens is 3. The number of rotatable bonds is 3. The Morgan fingerprint density at radius 3 is 2.88 bits per heavy atom. The smallest absolute Gasteiger partial charge is 0.107 e. The summed E-state index contributed by atoms with van der Waals surface area (Å²) in [6.45, 7) is 0. The first kappa shape index (κ1) is 12.0. The van der Waals surface area contributed by atoms with E-state index < -0.39 is 0 Å². The van der Waals surface area contributed by atoms with Crippen molar-refractivity contribution >= 4 is 39.1 Å². The molecule has 84 valence electrons. The van der Waals surface area contributed by atoms with Crippen molar-refractivity contribution in [3.63, 3.8) is 0 Å². The number of alkyl halides is 1. The van der Waals surface area contributed by atoms with Crippen molar-refractivity contribution in [2.24, 2.45) is 0 Å². The highest BCUT2D eigenvalue weighted by molar-refractivity contribution is 9.10. The molecule has 1 aromatic carbocycles. The first-order valence-electron chi connectivity index (χ1n) is 4.74. The van der Waals surface area contributed by atoms with Crippen molar-refractivity contribution in [1.29, 1.82) is 0 Å². The maximum absolute atomic E-state index is 6.30. The van der Waals surface area contributed by atoms with Gasteiger partial charge in [0.05, 0.1) is 10.4 Å². The van der Waals surface area contributed by atoms with Crippen molar-refractivity contribution in [2.45, 2.75) is 11.8 Å². The van der Waals surface area contributed by atoms with E-state index in [2.05, 4.69) is 25.9 Å². The van der Waals surface area contributed by atoms with Crippen LogP contribution < -0.4 is 0 Å². The summed E-state index contributed by atoms with van der Waals surface area (Å²) in [5, 5.41) is 0.574. The average molecular weight is 320 g/mol. The number of hydrogen-bond donors (Lipinski definition) is 1. The second-order valence-electron chi connectivity index (χ2n) is 3.38. The van der Waals surface area contributed by atoms with Crippen molar-refractivity contribution < 1.29 is 0 Å². The van der Waals surface area contributed by atoms with E-state index in [0.717, 1.165) is 15.9 Å². The first-order chi connectivity index (χ1) is 7.66.